The van der Waals surface area contributed by atoms with Gasteiger partial charge in [0.25, 0.3) is 0 Å². The van der Waals surface area contributed by atoms with E-state index in [4.69, 9.17) is 9.47 Å². The number of nitrogens with one attached hydrogen (secondary N) is 2. The largest absolute Gasteiger partial charge is 0.412 e. The second-order valence-electron chi connectivity index (χ2n) is 8.47. The van der Waals surface area contributed by atoms with Crippen LogP contribution in [0, 0.1) is 0 Å². The second kappa shape index (κ2) is 13.6. The minimum atomic E-state index is -0.661. The number of amides is 2. The SMILES string of the molecule is CCNC(=O)Oc1cc(OC(=O)NCC)cc(C(=O)CN(Cc2ccccc2)C(C)(C)C)c1.Cl. The predicted molar refractivity (Wildman–Crippen MR) is 134 cm³/mol. The molecule has 0 unspecified atom stereocenters. The summed E-state index contributed by atoms with van der Waals surface area (Å²) in [5.74, 6) is 0.0240. The number of benzene rings is 2. The van der Waals surface area contributed by atoms with E-state index in [1.807, 2.05) is 51.1 Å². The molecule has 0 saturated carbocycles. The number of ether oxygens (including phenoxy) is 2. The van der Waals surface area contributed by atoms with E-state index in [1.54, 1.807) is 13.8 Å². The van der Waals surface area contributed by atoms with Gasteiger partial charge in [-0.15, -0.1) is 12.4 Å². The Balaban J connectivity index is 0.00000578. The van der Waals surface area contributed by atoms with Gasteiger partial charge in [-0.2, -0.15) is 0 Å². The molecule has 2 N–H and O–H groups in total. The quantitative estimate of drug-likeness (QED) is 0.489. The molecule has 2 aromatic carbocycles. The normalized spacial score (nSPS) is 10.8. The van der Waals surface area contributed by atoms with Gasteiger partial charge in [0.1, 0.15) is 11.5 Å². The molecule has 0 radical (unpaired) electrons. The third-order valence-electron chi connectivity index (χ3n) is 4.76. The Kier molecular flexibility index (Phi) is 11.5. The summed E-state index contributed by atoms with van der Waals surface area (Å²) in [7, 11) is 0. The average Bonchev–Trinajstić information content (AvgIpc) is 2.73. The van der Waals surface area contributed by atoms with E-state index in [-0.39, 0.29) is 47.3 Å². The first kappa shape index (κ1) is 28.9. The van der Waals surface area contributed by atoms with Gasteiger partial charge in [0.2, 0.25) is 0 Å². The summed E-state index contributed by atoms with van der Waals surface area (Å²) in [5, 5.41) is 5.06. The lowest BCUT2D eigenvalue weighted by Crippen LogP contribution is -2.43. The minimum absolute atomic E-state index is 0. The number of carbonyl (C=O) groups is 3. The molecule has 0 saturated heterocycles. The monoisotopic (exact) mass is 491 g/mol. The molecule has 0 heterocycles. The first-order chi connectivity index (χ1) is 15.6. The van der Waals surface area contributed by atoms with E-state index in [2.05, 4.69) is 15.5 Å². The van der Waals surface area contributed by atoms with Crippen LogP contribution in [0.25, 0.3) is 0 Å². The van der Waals surface area contributed by atoms with E-state index in [9.17, 15) is 14.4 Å². The summed E-state index contributed by atoms with van der Waals surface area (Å²) in [6, 6.07) is 14.3. The maximum atomic E-state index is 13.3. The summed E-state index contributed by atoms with van der Waals surface area (Å²) in [5.41, 5.74) is 1.09. The Hall–Kier alpha value is -3.10. The van der Waals surface area contributed by atoms with Gasteiger partial charge in [0.05, 0.1) is 6.54 Å². The van der Waals surface area contributed by atoms with Crippen molar-refractivity contribution in [1.29, 1.82) is 0 Å². The first-order valence-corrected chi connectivity index (χ1v) is 11.0. The molecule has 0 aliphatic carbocycles. The lowest BCUT2D eigenvalue weighted by molar-refractivity contribution is 0.0792. The fraction of sp³-hybridized carbons (Fsp3) is 0.400. The molecule has 2 aromatic rings. The molecule has 2 amide bonds. The van der Waals surface area contributed by atoms with Crippen molar-refractivity contribution in [2.75, 3.05) is 19.6 Å². The lowest BCUT2D eigenvalue weighted by atomic mass is 10.0. The van der Waals surface area contributed by atoms with Crippen molar-refractivity contribution in [3.63, 3.8) is 0 Å². The van der Waals surface area contributed by atoms with Crippen LogP contribution >= 0.6 is 12.4 Å². The van der Waals surface area contributed by atoms with Gasteiger partial charge in [-0.05, 0) is 52.3 Å². The van der Waals surface area contributed by atoms with E-state index >= 15 is 0 Å². The summed E-state index contributed by atoms with van der Waals surface area (Å²) in [6.45, 7) is 11.2. The van der Waals surface area contributed by atoms with Crippen molar-refractivity contribution in [2.45, 2.75) is 46.7 Å². The predicted octanol–water partition coefficient (Wildman–Crippen LogP) is 4.81. The van der Waals surface area contributed by atoms with Crippen LogP contribution in [0.5, 0.6) is 11.5 Å². The van der Waals surface area contributed by atoms with Crippen molar-refractivity contribution in [2.24, 2.45) is 0 Å². The zero-order chi connectivity index (χ0) is 24.4. The van der Waals surface area contributed by atoms with Gasteiger partial charge in [-0.25, -0.2) is 9.59 Å². The van der Waals surface area contributed by atoms with Crippen molar-refractivity contribution in [1.82, 2.24) is 15.5 Å². The first-order valence-electron chi connectivity index (χ1n) is 11.0. The van der Waals surface area contributed by atoms with Crippen LogP contribution in [0.1, 0.15) is 50.5 Å². The van der Waals surface area contributed by atoms with Gasteiger partial charge < -0.3 is 20.1 Å². The maximum absolute atomic E-state index is 13.3. The van der Waals surface area contributed by atoms with Crippen LogP contribution in [0.15, 0.2) is 48.5 Å². The number of hydrogen-bond donors (Lipinski definition) is 2. The molecule has 0 aliphatic heterocycles. The van der Waals surface area contributed by atoms with Gasteiger partial charge in [0, 0.05) is 36.8 Å². The zero-order valence-corrected chi connectivity index (χ0v) is 21.2. The smallest absolute Gasteiger partial charge is 0.410 e. The third-order valence-corrected chi connectivity index (χ3v) is 4.76. The van der Waals surface area contributed by atoms with Crippen LogP contribution in [0.4, 0.5) is 9.59 Å². The molecule has 186 valence electrons. The topological polar surface area (TPSA) is 97.0 Å². The van der Waals surface area contributed by atoms with Gasteiger partial charge in [0.15, 0.2) is 5.78 Å². The molecule has 0 bridgehead atoms. The molecule has 0 aliphatic rings. The minimum Gasteiger partial charge on any atom is -0.410 e. The van der Waals surface area contributed by atoms with Gasteiger partial charge >= 0.3 is 12.2 Å². The number of ketones is 1. The number of halogens is 1. The Morgan fingerprint density at radius 1 is 0.853 bits per heavy atom. The summed E-state index contributed by atoms with van der Waals surface area (Å²) in [6.07, 6.45) is -1.32. The standard InChI is InChI=1S/C25H33N3O5.ClH/c1-6-26-23(30)32-20-13-19(14-21(15-20)33-24(31)27-7-2)22(29)17-28(25(3,4)5)16-18-11-9-8-10-12-18;/h8-15H,6-7,16-17H2,1-5H3,(H,26,30)(H,27,31);1H. The summed E-state index contributed by atoms with van der Waals surface area (Å²) in [4.78, 5) is 39.1. The highest BCUT2D eigenvalue weighted by Gasteiger charge is 2.25. The molecule has 0 atom stereocenters. The molecule has 0 spiro atoms. The van der Waals surface area contributed by atoms with Crippen molar-refractivity contribution >= 4 is 30.4 Å². The van der Waals surface area contributed by atoms with E-state index in [0.717, 1.165) is 5.56 Å². The number of nitrogens with zero attached hydrogens (tertiary/aromatic N) is 1. The molecular formula is C25H34ClN3O5. The van der Waals surface area contributed by atoms with Crippen LogP contribution < -0.4 is 20.1 Å². The summed E-state index contributed by atoms with van der Waals surface area (Å²) >= 11 is 0. The van der Waals surface area contributed by atoms with E-state index < -0.39 is 12.2 Å². The second-order valence-corrected chi connectivity index (χ2v) is 8.47. The van der Waals surface area contributed by atoms with Gasteiger partial charge in [-0.3, -0.25) is 9.69 Å². The molecule has 34 heavy (non-hydrogen) atoms. The molecule has 2 rings (SSSR count). The molecule has 9 heteroatoms. The van der Waals surface area contributed by atoms with Crippen LogP contribution in [0.3, 0.4) is 0 Å². The fourth-order valence-corrected chi connectivity index (χ4v) is 3.02. The van der Waals surface area contributed by atoms with Crippen LogP contribution in [-0.4, -0.2) is 48.0 Å². The molecule has 8 nitrogen and oxygen atoms in total. The summed E-state index contributed by atoms with van der Waals surface area (Å²) < 4.78 is 10.5. The highest BCUT2D eigenvalue weighted by atomic mass is 35.5. The highest BCUT2D eigenvalue weighted by Crippen LogP contribution is 2.25. The average molecular weight is 492 g/mol. The number of carbonyl (C=O) groups excluding carboxylic acids is 3. The van der Waals surface area contributed by atoms with Crippen molar-refractivity contribution in [3.8, 4) is 11.5 Å². The number of hydrogen-bond acceptors (Lipinski definition) is 6. The molecular weight excluding hydrogens is 458 g/mol. The Morgan fingerprint density at radius 2 is 1.35 bits per heavy atom. The van der Waals surface area contributed by atoms with Crippen molar-refractivity contribution in [3.05, 3.63) is 59.7 Å². The number of rotatable bonds is 9. The number of Topliss-reactive ketones (excluding diaryl/α,β-unsaturated/α-hetero) is 1. The molecule has 0 aromatic heterocycles. The maximum Gasteiger partial charge on any atom is 0.412 e. The van der Waals surface area contributed by atoms with E-state index in [0.29, 0.717) is 19.6 Å². The Bertz CT molecular complexity index is 923. The molecule has 0 fully saturated rings. The lowest BCUT2D eigenvalue weighted by Gasteiger charge is -2.35. The van der Waals surface area contributed by atoms with Gasteiger partial charge in [-0.1, -0.05) is 30.3 Å². The third kappa shape index (κ3) is 9.41. The van der Waals surface area contributed by atoms with E-state index in [1.165, 1.54) is 18.2 Å². The van der Waals surface area contributed by atoms with Crippen molar-refractivity contribution < 1.29 is 23.9 Å². The fourth-order valence-electron chi connectivity index (χ4n) is 3.02. The Morgan fingerprint density at radius 3 is 1.79 bits per heavy atom. The van der Waals surface area contributed by atoms with Crippen LogP contribution in [-0.2, 0) is 6.54 Å². The zero-order valence-electron chi connectivity index (χ0n) is 20.3. The Labute approximate surface area is 207 Å². The van der Waals surface area contributed by atoms with Crippen LogP contribution in [0.2, 0.25) is 0 Å². The highest BCUT2D eigenvalue weighted by molar-refractivity contribution is 5.98.